The van der Waals surface area contributed by atoms with Gasteiger partial charge in [-0.25, -0.2) is 0 Å². The molecule has 0 N–H and O–H groups in total. The van der Waals surface area contributed by atoms with Crippen molar-refractivity contribution in [1.82, 2.24) is 5.06 Å². The second kappa shape index (κ2) is 11.3. The van der Waals surface area contributed by atoms with Crippen LogP contribution in [0.5, 0.6) is 17.2 Å². The maximum Gasteiger partial charge on any atom is 0.231 e. The number of hydrogen-bond donors (Lipinski definition) is 0. The van der Waals surface area contributed by atoms with Gasteiger partial charge in [-0.1, -0.05) is 91.0 Å². The van der Waals surface area contributed by atoms with E-state index in [0.29, 0.717) is 32.2 Å². The van der Waals surface area contributed by atoms with E-state index in [1.54, 1.807) is 0 Å². The van der Waals surface area contributed by atoms with Crippen LogP contribution in [0, 0.1) is 0 Å². The summed E-state index contributed by atoms with van der Waals surface area (Å²) in [6.45, 7) is 2.04. The standard InChI is InChI=1S/C33H31NO6/c1-4-10-23(11-5-1)18-35-21-27-32(36-19-24-12-6-2-7-13-24)33(37-20-25-14-8-3-9-15-25)31-26-16-29-30(39-22-38-29)17-28(26)40-34(27)31/h1-17,27,31-33H,18-22H2/t27-,31-,32+,33-/m0/s1. The Morgan fingerprint density at radius 2 is 1.18 bits per heavy atom. The Labute approximate surface area is 233 Å². The van der Waals surface area contributed by atoms with Crippen LogP contribution in [0.4, 0.5) is 0 Å². The third kappa shape index (κ3) is 5.05. The van der Waals surface area contributed by atoms with Crippen LogP contribution in [0.2, 0.25) is 0 Å². The Morgan fingerprint density at radius 3 is 1.80 bits per heavy atom. The summed E-state index contributed by atoms with van der Waals surface area (Å²) in [6.07, 6.45) is -0.612. The van der Waals surface area contributed by atoms with E-state index < -0.39 is 0 Å². The zero-order valence-electron chi connectivity index (χ0n) is 22.1. The van der Waals surface area contributed by atoms with Gasteiger partial charge in [0.25, 0.3) is 0 Å². The molecule has 0 radical (unpaired) electrons. The number of hydroxylamine groups is 2. The fraction of sp³-hybridized carbons (Fsp3) is 0.273. The molecule has 0 unspecified atom stereocenters. The minimum absolute atomic E-state index is 0.195. The highest BCUT2D eigenvalue weighted by Crippen LogP contribution is 2.52. The van der Waals surface area contributed by atoms with Gasteiger partial charge in [-0.3, -0.25) is 0 Å². The molecule has 3 heterocycles. The highest BCUT2D eigenvalue weighted by atomic mass is 16.7. The summed E-state index contributed by atoms with van der Waals surface area (Å²) in [5, 5.41) is 2.00. The summed E-state index contributed by atoms with van der Waals surface area (Å²) < 4.78 is 31.0. The Balaban J connectivity index is 1.19. The van der Waals surface area contributed by atoms with Crippen molar-refractivity contribution < 1.29 is 28.5 Å². The van der Waals surface area contributed by atoms with Crippen molar-refractivity contribution >= 4 is 0 Å². The lowest BCUT2D eigenvalue weighted by Crippen LogP contribution is -2.42. The molecule has 4 aromatic rings. The smallest absolute Gasteiger partial charge is 0.231 e. The Bertz CT molecular complexity index is 1420. The molecule has 3 aliphatic rings. The van der Waals surface area contributed by atoms with Crippen LogP contribution in [0.25, 0.3) is 0 Å². The number of fused-ring (bicyclic) bond motifs is 4. The van der Waals surface area contributed by atoms with Crippen molar-refractivity contribution in [3.8, 4) is 17.2 Å². The third-order valence-electron chi connectivity index (χ3n) is 7.61. The number of rotatable bonds is 10. The molecule has 0 spiro atoms. The summed E-state index contributed by atoms with van der Waals surface area (Å²) in [5.74, 6) is 2.16. The van der Waals surface area contributed by atoms with E-state index in [1.165, 1.54) is 0 Å². The van der Waals surface area contributed by atoms with Crippen LogP contribution >= 0.6 is 0 Å². The topological polar surface area (TPSA) is 58.6 Å². The molecule has 0 saturated carbocycles. The molecule has 1 saturated heterocycles. The minimum atomic E-state index is -0.309. The van der Waals surface area contributed by atoms with E-state index in [9.17, 15) is 0 Å². The van der Waals surface area contributed by atoms with Crippen LogP contribution < -0.4 is 14.3 Å². The average molecular weight is 538 g/mol. The van der Waals surface area contributed by atoms with E-state index >= 15 is 0 Å². The molecule has 0 bridgehead atoms. The monoisotopic (exact) mass is 537 g/mol. The van der Waals surface area contributed by atoms with Gasteiger partial charge in [0.15, 0.2) is 17.2 Å². The van der Waals surface area contributed by atoms with E-state index in [2.05, 4.69) is 36.4 Å². The summed E-state index contributed by atoms with van der Waals surface area (Å²) in [6, 6.07) is 34.1. The maximum atomic E-state index is 6.70. The first-order valence-electron chi connectivity index (χ1n) is 13.7. The van der Waals surface area contributed by atoms with E-state index in [4.69, 9.17) is 28.5 Å². The summed E-state index contributed by atoms with van der Waals surface area (Å²) >= 11 is 0. The van der Waals surface area contributed by atoms with Gasteiger partial charge in [-0.2, -0.15) is 0 Å². The lowest BCUT2D eigenvalue weighted by molar-refractivity contribution is -0.125. The number of nitrogens with zero attached hydrogens (tertiary/aromatic N) is 1. The minimum Gasteiger partial charge on any atom is -0.454 e. The predicted octanol–water partition coefficient (Wildman–Crippen LogP) is 5.84. The molecule has 7 rings (SSSR count). The van der Waals surface area contributed by atoms with Gasteiger partial charge in [-0.05, 0) is 22.8 Å². The van der Waals surface area contributed by atoms with Crippen LogP contribution in [0.15, 0.2) is 103 Å². The van der Waals surface area contributed by atoms with E-state index in [0.717, 1.165) is 33.8 Å². The van der Waals surface area contributed by atoms with Gasteiger partial charge in [0.05, 0.1) is 32.5 Å². The van der Waals surface area contributed by atoms with Gasteiger partial charge in [0.2, 0.25) is 6.79 Å². The lowest BCUT2D eigenvalue weighted by Gasteiger charge is -2.27. The Morgan fingerprint density at radius 1 is 0.625 bits per heavy atom. The zero-order valence-corrected chi connectivity index (χ0v) is 22.1. The fourth-order valence-corrected chi connectivity index (χ4v) is 5.66. The molecule has 7 nitrogen and oxygen atoms in total. The first-order valence-corrected chi connectivity index (χ1v) is 13.7. The Hall–Kier alpha value is -3.88. The number of hydrogen-bond acceptors (Lipinski definition) is 7. The zero-order chi connectivity index (χ0) is 26.7. The number of ether oxygens (including phenoxy) is 5. The average Bonchev–Trinajstić information content (AvgIpc) is 3.68. The van der Waals surface area contributed by atoms with Crippen LogP contribution in [-0.4, -0.2) is 36.7 Å². The normalized spacial score (nSPS) is 22.6. The molecule has 204 valence electrons. The van der Waals surface area contributed by atoms with Gasteiger partial charge in [0, 0.05) is 11.6 Å². The first-order chi connectivity index (χ1) is 19.8. The quantitative estimate of drug-likeness (QED) is 0.252. The molecule has 1 fully saturated rings. The summed E-state index contributed by atoms with van der Waals surface area (Å²) in [7, 11) is 0. The first kappa shape index (κ1) is 25.1. The molecule has 3 aliphatic heterocycles. The van der Waals surface area contributed by atoms with Gasteiger partial charge >= 0.3 is 0 Å². The molecule has 4 atom stereocenters. The van der Waals surface area contributed by atoms with Crippen molar-refractivity contribution in [2.75, 3.05) is 13.4 Å². The van der Waals surface area contributed by atoms with Crippen molar-refractivity contribution in [1.29, 1.82) is 0 Å². The molecule has 0 amide bonds. The second-order valence-corrected chi connectivity index (χ2v) is 10.2. The van der Waals surface area contributed by atoms with Crippen LogP contribution in [0.1, 0.15) is 28.3 Å². The second-order valence-electron chi connectivity index (χ2n) is 10.2. The highest BCUT2D eigenvalue weighted by Gasteiger charge is 2.57. The van der Waals surface area contributed by atoms with Crippen LogP contribution in [-0.2, 0) is 34.0 Å². The van der Waals surface area contributed by atoms with E-state index in [1.807, 2.05) is 71.8 Å². The molecule has 0 aliphatic carbocycles. The maximum absolute atomic E-state index is 6.70. The van der Waals surface area contributed by atoms with Crippen molar-refractivity contribution in [3.63, 3.8) is 0 Å². The van der Waals surface area contributed by atoms with Crippen molar-refractivity contribution in [2.45, 2.75) is 44.1 Å². The molecule has 7 heteroatoms. The van der Waals surface area contributed by atoms with Gasteiger partial charge < -0.3 is 28.5 Å². The Kier molecular flexibility index (Phi) is 7.10. The molecule has 40 heavy (non-hydrogen) atoms. The largest absolute Gasteiger partial charge is 0.454 e. The predicted molar refractivity (Wildman–Crippen MR) is 148 cm³/mol. The van der Waals surface area contributed by atoms with Crippen molar-refractivity contribution in [2.24, 2.45) is 0 Å². The molecular weight excluding hydrogens is 506 g/mol. The van der Waals surface area contributed by atoms with Crippen molar-refractivity contribution in [3.05, 3.63) is 125 Å². The SMILES string of the molecule is c1ccc(COC[C@H]2[C@@H](OCc3ccccc3)[C@@H](OCc3ccccc3)[C@@H]3c4cc5c(cc4ON23)OCO5)cc1. The summed E-state index contributed by atoms with van der Waals surface area (Å²) in [5.41, 5.74) is 4.32. The molecule has 4 aromatic carbocycles. The number of benzene rings is 4. The fourth-order valence-electron chi connectivity index (χ4n) is 5.66. The van der Waals surface area contributed by atoms with Crippen LogP contribution in [0.3, 0.4) is 0 Å². The highest BCUT2D eigenvalue weighted by molar-refractivity contribution is 5.55. The summed E-state index contributed by atoms with van der Waals surface area (Å²) in [4.78, 5) is 6.49. The molecular formula is C33H31NO6. The third-order valence-corrected chi connectivity index (χ3v) is 7.61. The van der Waals surface area contributed by atoms with Gasteiger partial charge in [0.1, 0.15) is 18.2 Å². The lowest BCUT2D eigenvalue weighted by atomic mass is 9.99. The van der Waals surface area contributed by atoms with Gasteiger partial charge in [-0.15, -0.1) is 5.06 Å². The van der Waals surface area contributed by atoms with E-state index in [-0.39, 0.29) is 31.1 Å². The molecule has 0 aromatic heterocycles.